The number of ketones is 1. The minimum Gasteiger partial charge on any atom is -0.486 e. The van der Waals surface area contributed by atoms with Crippen LogP contribution in [-0.4, -0.2) is 38.8 Å². The van der Waals surface area contributed by atoms with Crippen LogP contribution in [0.15, 0.2) is 65.6 Å². The Bertz CT molecular complexity index is 1540. The number of ether oxygens (including phenoxy) is 1. The first-order valence-electron chi connectivity index (χ1n) is 13.0. The van der Waals surface area contributed by atoms with Crippen LogP contribution in [0.2, 0.25) is 0 Å². The zero-order valence-electron chi connectivity index (χ0n) is 22.8. The molecular weight excluding hydrogens is 538 g/mol. The summed E-state index contributed by atoms with van der Waals surface area (Å²) >= 11 is 0. The summed E-state index contributed by atoms with van der Waals surface area (Å²) < 4.78 is 63.6. The molecule has 0 radical (unpaired) electrons. The summed E-state index contributed by atoms with van der Waals surface area (Å²) in [5.74, 6) is -1.65. The second-order valence-electron chi connectivity index (χ2n) is 10.3. The van der Waals surface area contributed by atoms with E-state index in [1.165, 1.54) is 35.5 Å². The molecule has 0 bridgehead atoms. The normalized spacial score (nSPS) is 15.8. The number of nitrogens with zero attached hydrogens (tertiary/aromatic N) is 1. The summed E-state index contributed by atoms with van der Waals surface area (Å²) in [6.45, 7) is 6.70. The maximum Gasteiger partial charge on any atom is 0.264 e. The maximum absolute atomic E-state index is 14.6. The van der Waals surface area contributed by atoms with Crippen molar-refractivity contribution in [2.24, 2.45) is 5.92 Å². The molecule has 0 saturated carbocycles. The van der Waals surface area contributed by atoms with Crippen molar-refractivity contribution in [3.8, 4) is 16.9 Å². The van der Waals surface area contributed by atoms with E-state index in [0.29, 0.717) is 0 Å². The fourth-order valence-corrected chi connectivity index (χ4v) is 6.38. The number of benzene rings is 3. The van der Waals surface area contributed by atoms with Gasteiger partial charge in [-0.15, -0.1) is 0 Å². The number of aryl methyl sites for hydroxylation is 1. The molecule has 40 heavy (non-hydrogen) atoms. The zero-order chi connectivity index (χ0) is 29.2. The van der Waals surface area contributed by atoms with Crippen LogP contribution in [0.4, 0.5) is 14.5 Å². The summed E-state index contributed by atoms with van der Waals surface area (Å²) in [7, 11) is -4.09. The molecule has 0 fully saturated rings. The predicted molar refractivity (Wildman–Crippen MR) is 149 cm³/mol. The van der Waals surface area contributed by atoms with Gasteiger partial charge >= 0.3 is 0 Å². The number of anilines is 1. The lowest BCUT2D eigenvalue weighted by Crippen LogP contribution is -2.46. The number of halogens is 2. The van der Waals surface area contributed by atoms with E-state index in [1.54, 1.807) is 25.1 Å². The van der Waals surface area contributed by atoms with Crippen LogP contribution >= 0.6 is 0 Å². The lowest BCUT2D eigenvalue weighted by atomic mass is 9.95. The van der Waals surface area contributed by atoms with Crippen molar-refractivity contribution in [1.82, 2.24) is 5.32 Å². The minimum absolute atomic E-state index is 0.0128. The van der Waals surface area contributed by atoms with Gasteiger partial charge in [0.15, 0.2) is 5.78 Å². The fraction of sp³-hybridized carbons (Fsp3) is 0.333. The Morgan fingerprint density at radius 2 is 1.82 bits per heavy atom. The van der Waals surface area contributed by atoms with E-state index in [1.807, 2.05) is 13.8 Å². The third-order valence-corrected chi connectivity index (χ3v) is 8.57. The molecule has 4 rings (SSSR count). The summed E-state index contributed by atoms with van der Waals surface area (Å²) in [5.41, 5.74) is 1.21. The molecule has 3 aromatic carbocycles. The number of Topliss-reactive ketones (excluding diaryl/α,β-unsaturated/α-hetero) is 1. The molecule has 0 saturated heterocycles. The van der Waals surface area contributed by atoms with Gasteiger partial charge in [-0.2, -0.15) is 0 Å². The van der Waals surface area contributed by atoms with E-state index in [0.717, 1.165) is 23.8 Å². The monoisotopic (exact) mass is 570 g/mol. The maximum atomic E-state index is 14.6. The SMILES string of the molecule is CC(=O)N[C@@H](C(=O)CC[C@H]1CN(S(=O)(=O)c2cccc(C)c2)c2cc(-c3cc(F)ccc3F)ccc2O1)C(C)C. The Labute approximate surface area is 233 Å². The topological polar surface area (TPSA) is 92.8 Å². The molecule has 7 nitrogen and oxygen atoms in total. The molecule has 1 aliphatic rings. The Balaban J connectivity index is 1.70. The van der Waals surface area contributed by atoms with Gasteiger partial charge in [0.05, 0.1) is 23.2 Å². The van der Waals surface area contributed by atoms with Crippen molar-refractivity contribution >= 4 is 27.4 Å². The number of sulfonamides is 1. The van der Waals surface area contributed by atoms with Gasteiger partial charge in [0.25, 0.3) is 10.0 Å². The molecule has 0 aliphatic carbocycles. The number of carbonyl (C=O) groups excluding carboxylic acids is 2. The van der Waals surface area contributed by atoms with Crippen molar-refractivity contribution in [2.75, 3.05) is 10.8 Å². The zero-order valence-corrected chi connectivity index (χ0v) is 23.6. The standard InChI is InChI=1S/C30H32F2N2O5S/c1-18(2)30(33-20(4)35)28(36)12-10-23-17-34(40(37,38)24-7-5-6-19(3)14-24)27-15-21(8-13-29(27)39-23)25-16-22(31)9-11-26(25)32/h5-9,11,13-16,18,23,30H,10,12,17H2,1-4H3,(H,33,35)/t23-,30+/m0/s1. The highest BCUT2D eigenvalue weighted by molar-refractivity contribution is 7.92. The van der Waals surface area contributed by atoms with Gasteiger partial charge in [0, 0.05) is 18.9 Å². The first kappa shape index (κ1) is 29.2. The molecule has 0 aromatic heterocycles. The summed E-state index contributed by atoms with van der Waals surface area (Å²) in [6, 6.07) is 13.4. The highest BCUT2D eigenvalue weighted by Crippen LogP contribution is 2.41. The number of rotatable bonds is 9. The second-order valence-corrected chi connectivity index (χ2v) is 12.2. The largest absolute Gasteiger partial charge is 0.486 e. The molecule has 1 aliphatic heterocycles. The van der Waals surface area contributed by atoms with Gasteiger partial charge in [-0.1, -0.05) is 32.0 Å². The summed E-state index contributed by atoms with van der Waals surface area (Å²) in [6.07, 6.45) is -0.396. The summed E-state index contributed by atoms with van der Waals surface area (Å²) in [5, 5.41) is 2.68. The van der Waals surface area contributed by atoms with Crippen LogP contribution in [0.5, 0.6) is 5.75 Å². The van der Waals surface area contributed by atoms with Crippen molar-refractivity contribution in [1.29, 1.82) is 0 Å². The molecule has 1 heterocycles. The smallest absolute Gasteiger partial charge is 0.264 e. The Kier molecular flexibility index (Phi) is 8.58. The van der Waals surface area contributed by atoms with E-state index in [9.17, 15) is 26.8 Å². The second kappa shape index (κ2) is 11.8. The van der Waals surface area contributed by atoms with Crippen LogP contribution in [0, 0.1) is 24.5 Å². The molecule has 3 aromatic rings. The van der Waals surface area contributed by atoms with Crippen LogP contribution in [-0.2, 0) is 19.6 Å². The van der Waals surface area contributed by atoms with E-state index < -0.39 is 33.8 Å². The van der Waals surface area contributed by atoms with Crippen molar-refractivity contribution < 1.29 is 31.5 Å². The summed E-state index contributed by atoms with van der Waals surface area (Å²) in [4.78, 5) is 24.6. The first-order chi connectivity index (χ1) is 18.9. The van der Waals surface area contributed by atoms with E-state index in [2.05, 4.69) is 5.32 Å². The van der Waals surface area contributed by atoms with Gasteiger partial charge < -0.3 is 10.1 Å². The molecule has 212 valence electrons. The van der Waals surface area contributed by atoms with Crippen LogP contribution < -0.4 is 14.4 Å². The fourth-order valence-electron chi connectivity index (χ4n) is 4.78. The average Bonchev–Trinajstić information content (AvgIpc) is 2.90. The van der Waals surface area contributed by atoms with Gasteiger partial charge in [-0.3, -0.25) is 13.9 Å². The predicted octanol–water partition coefficient (Wildman–Crippen LogP) is 5.41. The highest BCUT2D eigenvalue weighted by Gasteiger charge is 2.36. The molecule has 1 N–H and O–H groups in total. The molecule has 10 heteroatoms. The first-order valence-corrected chi connectivity index (χ1v) is 14.5. The van der Waals surface area contributed by atoms with Crippen molar-refractivity contribution in [2.45, 2.75) is 57.6 Å². The quantitative estimate of drug-likeness (QED) is 0.372. The molecule has 0 spiro atoms. The minimum atomic E-state index is -4.09. The highest BCUT2D eigenvalue weighted by atomic mass is 32.2. The Morgan fingerprint density at radius 1 is 1.07 bits per heavy atom. The van der Waals surface area contributed by atoms with Gasteiger partial charge in [0.2, 0.25) is 5.91 Å². The Morgan fingerprint density at radius 3 is 2.50 bits per heavy atom. The number of amides is 1. The molecule has 2 atom stereocenters. The molecular formula is C30H32F2N2O5S. The van der Waals surface area contributed by atoms with Gasteiger partial charge in [0.1, 0.15) is 23.5 Å². The number of hydrogen-bond acceptors (Lipinski definition) is 5. The third-order valence-electron chi connectivity index (χ3n) is 6.79. The number of fused-ring (bicyclic) bond motifs is 1. The third kappa shape index (κ3) is 6.33. The number of carbonyl (C=O) groups is 2. The van der Waals surface area contributed by atoms with Crippen LogP contribution in [0.1, 0.15) is 39.2 Å². The molecule has 1 amide bonds. The van der Waals surface area contributed by atoms with Crippen LogP contribution in [0.3, 0.4) is 0 Å². The van der Waals surface area contributed by atoms with E-state index in [-0.39, 0.29) is 64.5 Å². The lowest BCUT2D eigenvalue weighted by Gasteiger charge is -2.36. The van der Waals surface area contributed by atoms with Crippen molar-refractivity contribution in [3.05, 3.63) is 77.9 Å². The van der Waals surface area contributed by atoms with Crippen LogP contribution in [0.25, 0.3) is 11.1 Å². The Hall–Kier alpha value is -3.79. The lowest BCUT2D eigenvalue weighted by molar-refractivity contribution is -0.128. The molecule has 0 unspecified atom stereocenters. The van der Waals surface area contributed by atoms with E-state index in [4.69, 9.17) is 4.74 Å². The number of hydrogen-bond donors (Lipinski definition) is 1. The van der Waals surface area contributed by atoms with Gasteiger partial charge in [-0.25, -0.2) is 17.2 Å². The van der Waals surface area contributed by atoms with Crippen molar-refractivity contribution in [3.63, 3.8) is 0 Å². The average molecular weight is 571 g/mol. The van der Waals surface area contributed by atoms with E-state index >= 15 is 0 Å². The number of nitrogens with one attached hydrogen (secondary N) is 1. The van der Waals surface area contributed by atoms with Gasteiger partial charge in [-0.05, 0) is 72.9 Å².